The number of benzene rings is 1. The minimum Gasteiger partial charge on any atom is -0.440 e. The minimum atomic E-state index is 0.256. The molecule has 2 heterocycles. The Bertz CT molecular complexity index is 791. The van der Waals surface area contributed by atoms with Gasteiger partial charge in [-0.25, -0.2) is 4.98 Å². The molecule has 1 aliphatic carbocycles. The molecule has 1 atom stereocenters. The second-order valence-corrected chi connectivity index (χ2v) is 7.31. The molecular weight excluding hydrogens is 348 g/mol. The topological polar surface area (TPSA) is 38.1 Å². The van der Waals surface area contributed by atoms with Crippen molar-refractivity contribution in [2.24, 2.45) is 0 Å². The largest absolute Gasteiger partial charge is 0.440 e. The van der Waals surface area contributed by atoms with Gasteiger partial charge in [0.25, 0.3) is 0 Å². The highest BCUT2D eigenvalue weighted by Gasteiger charge is 2.28. The highest BCUT2D eigenvalue weighted by atomic mass is 79.9. The van der Waals surface area contributed by atoms with E-state index in [0.29, 0.717) is 5.92 Å². The van der Waals surface area contributed by atoms with E-state index in [2.05, 4.69) is 56.7 Å². The second-order valence-electron chi connectivity index (χ2n) is 5.51. The normalized spacial score (nSPS) is 16.3. The molecule has 3 nitrogen and oxygen atoms in total. The molecule has 3 aromatic rings. The molecule has 21 heavy (non-hydrogen) atoms. The third kappa shape index (κ3) is 2.60. The maximum Gasteiger partial charge on any atom is 0.198 e. The fourth-order valence-electron chi connectivity index (χ4n) is 2.47. The molecule has 0 spiro atoms. The Hall–Kier alpha value is -1.33. The zero-order valence-electron chi connectivity index (χ0n) is 11.6. The predicted molar refractivity (Wildman–Crippen MR) is 90.0 cm³/mol. The Balaban J connectivity index is 1.60. The first-order valence-corrected chi connectivity index (χ1v) is 8.78. The number of nitrogens with zero attached hydrogens (tertiary/aromatic N) is 1. The molecule has 0 radical (unpaired) electrons. The summed E-state index contributed by atoms with van der Waals surface area (Å²) in [5, 5.41) is 5.63. The van der Waals surface area contributed by atoms with E-state index in [9.17, 15) is 0 Å². The fraction of sp³-hybridized carbons (Fsp3) is 0.312. The molecular formula is C16H15BrN2OS. The van der Waals surface area contributed by atoms with E-state index in [1.807, 2.05) is 6.07 Å². The summed E-state index contributed by atoms with van der Waals surface area (Å²) in [6, 6.07) is 8.48. The van der Waals surface area contributed by atoms with E-state index >= 15 is 0 Å². The quantitative estimate of drug-likeness (QED) is 0.646. The van der Waals surface area contributed by atoms with Crippen molar-refractivity contribution in [1.29, 1.82) is 0 Å². The van der Waals surface area contributed by atoms with Crippen LogP contribution in [0.4, 0.5) is 5.69 Å². The maximum absolute atomic E-state index is 5.80. The summed E-state index contributed by atoms with van der Waals surface area (Å²) in [5.41, 5.74) is 2.90. The van der Waals surface area contributed by atoms with Gasteiger partial charge in [-0.15, -0.1) is 11.3 Å². The highest BCUT2D eigenvalue weighted by molar-refractivity contribution is 9.10. The van der Waals surface area contributed by atoms with Gasteiger partial charge in [-0.3, -0.25) is 0 Å². The van der Waals surface area contributed by atoms with Gasteiger partial charge < -0.3 is 9.73 Å². The Morgan fingerprint density at radius 3 is 2.95 bits per heavy atom. The number of thiophene rings is 1. The summed E-state index contributed by atoms with van der Waals surface area (Å²) >= 11 is 5.34. The molecule has 2 aromatic heterocycles. The predicted octanol–water partition coefficient (Wildman–Crippen LogP) is 5.70. The van der Waals surface area contributed by atoms with Gasteiger partial charge in [0.1, 0.15) is 5.52 Å². The Morgan fingerprint density at radius 2 is 2.24 bits per heavy atom. The molecule has 1 aliphatic rings. The number of rotatable bonds is 4. The lowest BCUT2D eigenvalue weighted by Crippen LogP contribution is -2.05. The van der Waals surface area contributed by atoms with Crippen molar-refractivity contribution < 1.29 is 4.42 Å². The number of anilines is 1. The van der Waals surface area contributed by atoms with Crippen LogP contribution in [0.3, 0.4) is 0 Å². The molecule has 0 amide bonds. The molecule has 4 rings (SSSR count). The fourth-order valence-corrected chi connectivity index (χ4v) is 4.20. The van der Waals surface area contributed by atoms with Crippen molar-refractivity contribution >= 4 is 44.1 Å². The van der Waals surface area contributed by atoms with Crippen LogP contribution < -0.4 is 5.32 Å². The summed E-state index contributed by atoms with van der Waals surface area (Å²) in [4.78, 5) is 5.91. The summed E-state index contributed by atoms with van der Waals surface area (Å²) in [6.07, 6.45) is 2.42. The highest BCUT2D eigenvalue weighted by Crippen LogP contribution is 2.41. The van der Waals surface area contributed by atoms with Crippen LogP contribution in [0.25, 0.3) is 11.1 Å². The van der Waals surface area contributed by atoms with E-state index in [-0.39, 0.29) is 6.04 Å². The van der Waals surface area contributed by atoms with Crippen molar-refractivity contribution in [1.82, 2.24) is 4.98 Å². The van der Waals surface area contributed by atoms with Crippen LogP contribution in [0.1, 0.15) is 42.5 Å². The van der Waals surface area contributed by atoms with Crippen LogP contribution in [0.2, 0.25) is 0 Å². The van der Waals surface area contributed by atoms with Gasteiger partial charge in [-0.05, 0) is 65.3 Å². The number of hydrogen-bond donors (Lipinski definition) is 1. The summed E-state index contributed by atoms with van der Waals surface area (Å²) in [5.74, 6) is 1.45. The van der Waals surface area contributed by atoms with Crippen molar-refractivity contribution in [3.8, 4) is 0 Å². The Kier molecular flexibility index (Phi) is 3.27. The number of nitrogens with one attached hydrogen (secondary N) is 1. The standard InChI is InChI=1S/C16H15BrN2OS/c1-9(15-12(17)6-7-21-15)18-11-4-5-14-13(8-11)19-16(20-14)10-2-3-10/h4-10,18H,2-3H2,1H3. The Labute approximate surface area is 135 Å². The van der Waals surface area contributed by atoms with Crippen LogP contribution in [0.15, 0.2) is 38.5 Å². The number of oxazole rings is 1. The zero-order valence-corrected chi connectivity index (χ0v) is 14.0. The van der Waals surface area contributed by atoms with Crippen LogP contribution >= 0.6 is 27.3 Å². The zero-order chi connectivity index (χ0) is 14.4. The Morgan fingerprint density at radius 1 is 1.38 bits per heavy atom. The number of aromatic nitrogens is 1. The van der Waals surface area contributed by atoms with Crippen LogP contribution in [0.5, 0.6) is 0 Å². The number of fused-ring (bicyclic) bond motifs is 1. The molecule has 0 saturated heterocycles. The first-order valence-electron chi connectivity index (χ1n) is 7.10. The summed E-state index contributed by atoms with van der Waals surface area (Å²) < 4.78 is 6.96. The first kappa shape index (κ1) is 13.3. The van der Waals surface area contributed by atoms with Crippen LogP contribution in [0, 0.1) is 0 Å². The summed E-state index contributed by atoms with van der Waals surface area (Å²) in [7, 11) is 0. The minimum absolute atomic E-state index is 0.256. The molecule has 108 valence electrons. The van der Waals surface area contributed by atoms with Crippen molar-refractivity contribution in [3.63, 3.8) is 0 Å². The van der Waals surface area contributed by atoms with E-state index in [0.717, 1.165) is 27.2 Å². The van der Waals surface area contributed by atoms with E-state index in [1.165, 1.54) is 17.7 Å². The maximum atomic E-state index is 5.80. The number of halogens is 1. The summed E-state index contributed by atoms with van der Waals surface area (Å²) in [6.45, 7) is 2.17. The molecule has 0 bridgehead atoms. The lowest BCUT2D eigenvalue weighted by molar-refractivity contribution is 0.533. The smallest absolute Gasteiger partial charge is 0.198 e. The molecule has 5 heteroatoms. The van der Waals surface area contributed by atoms with Crippen molar-refractivity contribution in [2.45, 2.75) is 31.7 Å². The van der Waals surface area contributed by atoms with Gasteiger partial charge in [-0.1, -0.05) is 0 Å². The molecule has 1 N–H and O–H groups in total. The third-order valence-electron chi connectivity index (χ3n) is 3.75. The van der Waals surface area contributed by atoms with Crippen molar-refractivity contribution in [3.05, 3.63) is 44.9 Å². The lowest BCUT2D eigenvalue weighted by atomic mass is 10.2. The third-order valence-corrected chi connectivity index (χ3v) is 5.81. The van der Waals surface area contributed by atoms with E-state index in [4.69, 9.17) is 4.42 Å². The molecule has 1 aromatic carbocycles. The molecule has 0 aliphatic heterocycles. The van der Waals surface area contributed by atoms with Gasteiger partial charge in [-0.2, -0.15) is 0 Å². The van der Waals surface area contributed by atoms with Gasteiger partial charge in [0.05, 0.1) is 6.04 Å². The lowest BCUT2D eigenvalue weighted by Gasteiger charge is -2.14. The van der Waals surface area contributed by atoms with Crippen LogP contribution in [-0.2, 0) is 0 Å². The first-order chi connectivity index (χ1) is 10.2. The second kappa shape index (κ2) is 5.14. The SMILES string of the molecule is CC(Nc1ccc2oc(C3CC3)nc2c1)c1sccc1Br. The van der Waals surface area contributed by atoms with Gasteiger partial charge in [0.15, 0.2) is 11.5 Å². The van der Waals surface area contributed by atoms with Crippen molar-refractivity contribution in [2.75, 3.05) is 5.32 Å². The molecule has 1 unspecified atom stereocenters. The monoisotopic (exact) mass is 362 g/mol. The van der Waals surface area contributed by atoms with Crippen LogP contribution in [-0.4, -0.2) is 4.98 Å². The molecule has 1 fully saturated rings. The molecule has 1 saturated carbocycles. The average molecular weight is 363 g/mol. The van der Waals surface area contributed by atoms with E-state index < -0.39 is 0 Å². The number of hydrogen-bond acceptors (Lipinski definition) is 4. The van der Waals surface area contributed by atoms with Gasteiger partial charge in [0.2, 0.25) is 0 Å². The average Bonchev–Trinajstić information content (AvgIpc) is 3.09. The van der Waals surface area contributed by atoms with Gasteiger partial charge >= 0.3 is 0 Å². The van der Waals surface area contributed by atoms with Gasteiger partial charge in [0, 0.05) is 21.0 Å². The van der Waals surface area contributed by atoms with E-state index in [1.54, 1.807) is 11.3 Å².